The van der Waals surface area contributed by atoms with Crippen LogP contribution < -0.4 is 4.74 Å². The van der Waals surface area contributed by atoms with Crippen molar-refractivity contribution < 1.29 is 14.6 Å². The Labute approximate surface area is 211 Å². The predicted octanol–water partition coefficient (Wildman–Crippen LogP) is 6.79. The molecule has 0 aliphatic carbocycles. The number of fused-ring (bicyclic) bond motifs is 1. The maximum atomic E-state index is 13.0. The molecule has 3 aromatic carbocycles. The molecule has 5 nitrogen and oxygen atoms in total. The Balaban J connectivity index is 1.44. The van der Waals surface area contributed by atoms with Gasteiger partial charge in [-0.15, -0.1) is 0 Å². The first-order valence-corrected chi connectivity index (χ1v) is 12.4. The molecular formula is C29H31ClN2O3. The number of hydrogen-bond donors (Lipinski definition) is 2. The number of carbonyl (C=O) groups is 1. The first-order valence-electron chi connectivity index (χ1n) is 12.0. The van der Waals surface area contributed by atoms with E-state index in [0.29, 0.717) is 35.6 Å². The second-order valence-corrected chi connectivity index (χ2v) is 9.68. The highest BCUT2D eigenvalue weighted by molar-refractivity contribution is 6.32. The van der Waals surface area contributed by atoms with Crippen LogP contribution >= 0.6 is 11.6 Å². The number of halogens is 1. The summed E-state index contributed by atoms with van der Waals surface area (Å²) in [5.74, 6) is 1.45. The number of nitrogens with one attached hydrogen (secondary N) is 1. The molecule has 0 bridgehead atoms. The third-order valence-electron chi connectivity index (χ3n) is 6.09. The summed E-state index contributed by atoms with van der Waals surface area (Å²) in [4.78, 5) is 21.1. The van der Waals surface area contributed by atoms with Crippen molar-refractivity contribution in [3.63, 3.8) is 0 Å². The van der Waals surface area contributed by atoms with Gasteiger partial charge in [-0.2, -0.15) is 0 Å². The Morgan fingerprint density at radius 2 is 1.89 bits per heavy atom. The number of aryl methyl sites for hydroxylation is 1. The fourth-order valence-corrected chi connectivity index (χ4v) is 4.53. The lowest BCUT2D eigenvalue weighted by molar-refractivity contribution is 0.0953. The van der Waals surface area contributed by atoms with E-state index in [1.807, 2.05) is 38.1 Å². The SMILES string of the molecule is Cc1cccc2[nH]c(-c3ccc(C[C@@H](CCO)CC(=O)c4ccc(OC(C)C)c(Cl)c4)cc3)nc12. The van der Waals surface area contributed by atoms with Gasteiger partial charge in [0.1, 0.15) is 11.6 Å². The van der Waals surface area contributed by atoms with Crippen LogP contribution in [0.1, 0.15) is 48.2 Å². The zero-order valence-electron chi connectivity index (χ0n) is 20.3. The van der Waals surface area contributed by atoms with Crippen LogP contribution in [-0.4, -0.2) is 33.6 Å². The van der Waals surface area contributed by atoms with Gasteiger partial charge in [0, 0.05) is 24.2 Å². The number of nitrogens with zero attached hydrogens (tertiary/aromatic N) is 1. The average molecular weight is 491 g/mol. The molecule has 1 heterocycles. The highest BCUT2D eigenvalue weighted by atomic mass is 35.5. The summed E-state index contributed by atoms with van der Waals surface area (Å²) in [5.41, 5.74) is 5.83. The number of Topliss-reactive ketones (excluding diaryl/α,β-unsaturated/α-hetero) is 1. The average Bonchev–Trinajstić information content (AvgIpc) is 3.26. The molecule has 0 amide bonds. The molecule has 0 saturated carbocycles. The van der Waals surface area contributed by atoms with E-state index in [-0.39, 0.29) is 24.4 Å². The molecule has 4 aromatic rings. The van der Waals surface area contributed by atoms with E-state index in [0.717, 1.165) is 33.5 Å². The molecule has 0 fully saturated rings. The predicted molar refractivity (Wildman–Crippen MR) is 141 cm³/mol. The number of para-hydroxylation sites is 1. The molecule has 35 heavy (non-hydrogen) atoms. The number of ether oxygens (including phenoxy) is 1. The van der Waals surface area contributed by atoms with Gasteiger partial charge in [0.05, 0.1) is 22.2 Å². The fourth-order valence-electron chi connectivity index (χ4n) is 4.31. The van der Waals surface area contributed by atoms with Crippen molar-refractivity contribution in [1.29, 1.82) is 0 Å². The summed E-state index contributed by atoms with van der Waals surface area (Å²) < 4.78 is 5.66. The smallest absolute Gasteiger partial charge is 0.163 e. The van der Waals surface area contributed by atoms with Gasteiger partial charge in [0.15, 0.2) is 5.78 Å². The molecule has 0 unspecified atom stereocenters. The number of aliphatic hydroxyl groups is 1. The maximum Gasteiger partial charge on any atom is 0.163 e. The zero-order chi connectivity index (χ0) is 24.9. The maximum absolute atomic E-state index is 13.0. The van der Waals surface area contributed by atoms with Crippen molar-refractivity contribution in [2.24, 2.45) is 5.92 Å². The number of aliphatic hydroxyl groups excluding tert-OH is 1. The molecule has 182 valence electrons. The van der Waals surface area contributed by atoms with E-state index in [9.17, 15) is 9.90 Å². The van der Waals surface area contributed by atoms with Gasteiger partial charge in [-0.1, -0.05) is 48.0 Å². The fraction of sp³-hybridized carbons (Fsp3) is 0.310. The van der Waals surface area contributed by atoms with E-state index >= 15 is 0 Å². The van der Waals surface area contributed by atoms with Crippen LogP contribution in [0.4, 0.5) is 0 Å². The summed E-state index contributed by atoms with van der Waals surface area (Å²) in [5, 5.41) is 10.0. The van der Waals surface area contributed by atoms with E-state index in [1.165, 1.54) is 0 Å². The monoisotopic (exact) mass is 490 g/mol. The van der Waals surface area contributed by atoms with Crippen molar-refractivity contribution in [3.8, 4) is 17.1 Å². The quantitative estimate of drug-likeness (QED) is 0.240. The Morgan fingerprint density at radius 3 is 2.54 bits per heavy atom. The van der Waals surface area contributed by atoms with Crippen molar-refractivity contribution in [1.82, 2.24) is 9.97 Å². The molecule has 0 radical (unpaired) electrons. The number of carbonyl (C=O) groups excluding carboxylic acids is 1. The summed E-state index contributed by atoms with van der Waals surface area (Å²) in [6.45, 7) is 5.95. The normalized spacial score (nSPS) is 12.3. The molecule has 0 aliphatic rings. The van der Waals surface area contributed by atoms with Crippen LogP contribution in [-0.2, 0) is 6.42 Å². The number of hydrogen-bond acceptors (Lipinski definition) is 4. The van der Waals surface area contributed by atoms with Gasteiger partial charge in [-0.25, -0.2) is 4.98 Å². The van der Waals surface area contributed by atoms with Crippen LogP contribution in [0.25, 0.3) is 22.4 Å². The minimum Gasteiger partial charge on any atom is -0.489 e. The van der Waals surface area contributed by atoms with Crippen molar-refractivity contribution in [2.45, 2.75) is 46.1 Å². The number of rotatable bonds is 10. The summed E-state index contributed by atoms with van der Waals surface area (Å²) in [6.07, 6.45) is 1.60. The van der Waals surface area contributed by atoms with Gasteiger partial charge in [-0.3, -0.25) is 4.79 Å². The van der Waals surface area contributed by atoms with Gasteiger partial charge in [0.2, 0.25) is 0 Å². The van der Waals surface area contributed by atoms with Crippen molar-refractivity contribution in [2.75, 3.05) is 6.61 Å². The Morgan fingerprint density at radius 1 is 1.11 bits per heavy atom. The highest BCUT2D eigenvalue weighted by Crippen LogP contribution is 2.29. The molecule has 0 spiro atoms. The van der Waals surface area contributed by atoms with Crippen molar-refractivity contribution >= 4 is 28.4 Å². The minimum absolute atomic E-state index is 0.00494. The third-order valence-corrected chi connectivity index (χ3v) is 6.39. The molecule has 6 heteroatoms. The topological polar surface area (TPSA) is 75.2 Å². The summed E-state index contributed by atoms with van der Waals surface area (Å²) in [6, 6.07) is 19.5. The molecule has 1 aromatic heterocycles. The molecule has 4 rings (SSSR count). The zero-order valence-corrected chi connectivity index (χ0v) is 21.1. The largest absolute Gasteiger partial charge is 0.489 e. The number of ketones is 1. The second-order valence-electron chi connectivity index (χ2n) is 9.27. The first kappa shape index (κ1) is 25.0. The lowest BCUT2D eigenvalue weighted by atomic mass is 9.89. The van der Waals surface area contributed by atoms with Gasteiger partial charge >= 0.3 is 0 Å². The van der Waals surface area contributed by atoms with E-state index < -0.39 is 0 Å². The van der Waals surface area contributed by atoms with Gasteiger partial charge in [-0.05, 0) is 74.9 Å². The van der Waals surface area contributed by atoms with Crippen LogP contribution in [0.3, 0.4) is 0 Å². The van der Waals surface area contributed by atoms with E-state index in [2.05, 4.69) is 30.1 Å². The number of H-pyrrole nitrogens is 1. The lowest BCUT2D eigenvalue weighted by Gasteiger charge is -2.16. The Bertz CT molecular complexity index is 1310. The second kappa shape index (κ2) is 11.1. The number of aromatic amines is 1. The standard InChI is InChI=1S/C29H31ClN2O3/c1-18(2)35-27-12-11-23(17-24(27)30)26(34)16-21(13-14-33)15-20-7-9-22(10-8-20)29-31-25-6-4-5-19(3)28(25)32-29/h4-12,17-18,21,33H,13-16H2,1-3H3,(H,31,32)/t21-/m1/s1. The van der Waals surface area contributed by atoms with Crippen LogP contribution in [0.2, 0.25) is 5.02 Å². The molecular weight excluding hydrogens is 460 g/mol. The molecule has 2 N–H and O–H groups in total. The van der Waals surface area contributed by atoms with Crippen LogP contribution in [0.5, 0.6) is 5.75 Å². The Kier molecular flexibility index (Phi) is 7.89. The Hall–Kier alpha value is -3.15. The van der Waals surface area contributed by atoms with Gasteiger partial charge in [0.25, 0.3) is 0 Å². The van der Waals surface area contributed by atoms with Crippen LogP contribution in [0.15, 0.2) is 60.7 Å². The summed E-state index contributed by atoms with van der Waals surface area (Å²) in [7, 11) is 0. The third kappa shape index (κ3) is 6.11. The molecule has 1 atom stereocenters. The van der Waals surface area contributed by atoms with E-state index in [4.69, 9.17) is 21.3 Å². The van der Waals surface area contributed by atoms with Crippen molar-refractivity contribution in [3.05, 3.63) is 82.4 Å². The van der Waals surface area contributed by atoms with E-state index in [1.54, 1.807) is 18.2 Å². The first-order chi connectivity index (χ1) is 16.8. The van der Waals surface area contributed by atoms with Gasteiger partial charge < -0.3 is 14.8 Å². The number of aromatic nitrogens is 2. The minimum atomic E-state index is 0.00494. The van der Waals surface area contributed by atoms with Crippen LogP contribution in [0, 0.1) is 12.8 Å². The lowest BCUT2D eigenvalue weighted by Crippen LogP contribution is -2.13. The molecule has 0 saturated heterocycles. The highest BCUT2D eigenvalue weighted by Gasteiger charge is 2.18. The number of imidazole rings is 1. The molecule has 0 aliphatic heterocycles. The summed E-state index contributed by atoms with van der Waals surface area (Å²) >= 11 is 6.32. The number of benzene rings is 3.